The molecule has 0 radical (unpaired) electrons. The maximum atomic E-state index is 12.9. The second-order valence-corrected chi connectivity index (χ2v) is 22.7. The number of carbonyl (C=O) groups is 3. The van der Waals surface area contributed by atoms with Gasteiger partial charge in [-0.25, -0.2) is 0 Å². The second-order valence-electron chi connectivity index (χ2n) is 22.7. The van der Waals surface area contributed by atoms with Crippen LogP contribution in [0.25, 0.3) is 0 Å². The molecule has 80 heavy (non-hydrogen) atoms. The van der Waals surface area contributed by atoms with Gasteiger partial charge in [-0.1, -0.05) is 291 Å². The standard InChI is InChI=1S/C74H128O6/c1-4-7-10-13-16-19-22-25-27-29-31-32-33-34-35-36-37-38-39-40-41-42-44-45-47-49-52-55-58-61-64-67-73(76)79-70-71(69-78-72(75)66-63-60-57-54-51-24-21-18-15-12-9-6-3)80-74(77)68-65-62-59-56-53-50-48-46-43-30-28-26-23-20-17-14-11-8-5-2/h7,10,16-21,25-28,31-32,43,46,71H,4-6,8-9,11-15,22-24,29-30,33-42,44-45,47-70H2,1-3H3/b10-7-,19-16-,20-17-,21-18-,27-25-,28-26-,32-31-,46-43-. The SMILES string of the molecule is CC/C=C\C/C=C\C/C=C\C/C=C\CCCCCCCCCCCCCCCCCCCCC(=O)OCC(COC(=O)CCCCCCC/C=C\CCCCC)OC(=O)CCCCCCCC/C=C\C/C=C\C/C=C\CCCCC. The van der Waals surface area contributed by atoms with Crippen molar-refractivity contribution in [2.75, 3.05) is 13.2 Å². The maximum absolute atomic E-state index is 12.9. The number of esters is 3. The lowest BCUT2D eigenvalue weighted by atomic mass is 10.0. The molecule has 6 heteroatoms. The number of allylic oxidation sites excluding steroid dienone is 16. The van der Waals surface area contributed by atoms with Gasteiger partial charge < -0.3 is 14.2 Å². The summed E-state index contributed by atoms with van der Waals surface area (Å²) in [5, 5.41) is 0. The van der Waals surface area contributed by atoms with E-state index in [9.17, 15) is 14.4 Å². The second kappa shape index (κ2) is 67.8. The highest BCUT2D eigenvalue weighted by Gasteiger charge is 2.19. The molecule has 0 aliphatic carbocycles. The molecule has 1 unspecified atom stereocenters. The lowest BCUT2D eigenvalue weighted by molar-refractivity contribution is -0.167. The van der Waals surface area contributed by atoms with Gasteiger partial charge in [0.05, 0.1) is 0 Å². The first kappa shape index (κ1) is 76.3. The third-order valence-corrected chi connectivity index (χ3v) is 14.8. The number of rotatable bonds is 62. The van der Waals surface area contributed by atoms with Crippen molar-refractivity contribution in [3.05, 3.63) is 97.2 Å². The molecule has 0 rings (SSSR count). The average molecular weight is 1110 g/mol. The Hall–Kier alpha value is -3.67. The summed E-state index contributed by atoms with van der Waals surface area (Å²) in [6.07, 6.45) is 91.5. The van der Waals surface area contributed by atoms with E-state index >= 15 is 0 Å². The maximum Gasteiger partial charge on any atom is 0.306 e. The van der Waals surface area contributed by atoms with Gasteiger partial charge in [-0.05, 0) is 122 Å². The van der Waals surface area contributed by atoms with Gasteiger partial charge in [-0.2, -0.15) is 0 Å². The van der Waals surface area contributed by atoms with Crippen molar-refractivity contribution >= 4 is 17.9 Å². The van der Waals surface area contributed by atoms with Crippen LogP contribution in [0.4, 0.5) is 0 Å². The molecule has 0 aromatic carbocycles. The molecule has 0 aromatic heterocycles. The minimum Gasteiger partial charge on any atom is -0.462 e. The Morgan fingerprint density at radius 1 is 0.263 bits per heavy atom. The van der Waals surface area contributed by atoms with Gasteiger partial charge in [-0.15, -0.1) is 0 Å². The molecule has 0 saturated heterocycles. The number of ether oxygens (including phenoxy) is 3. The quantitative estimate of drug-likeness (QED) is 0.0261. The molecule has 0 N–H and O–H groups in total. The van der Waals surface area contributed by atoms with Crippen molar-refractivity contribution in [3.8, 4) is 0 Å². The van der Waals surface area contributed by atoms with Gasteiger partial charge in [0.2, 0.25) is 0 Å². The highest BCUT2D eigenvalue weighted by molar-refractivity contribution is 5.71. The fourth-order valence-corrected chi connectivity index (χ4v) is 9.67. The minimum absolute atomic E-state index is 0.0826. The summed E-state index contributed by atoms with van der Waals surface area (Å²) in [6, 6.07) is 0. The Balaban J connectivity index is 4.20. The summed E-state index contributed by atoms with van der Waals surface area (Å²) in [5.74, 6) is -0.891. The van der Waals surface area contributed by atoms with Gasteiger partial charge in [0.25, 0.3) is 0 Å². The summed E-state index contributed by atoms with van der Waals surface area (Å²) >= 11 is 0. The van der Waals surface area contributed by atoms with E-state index in [4.69, 9.17) is 14.2 Å². The van der Waals surface area contributed by atoms with Crippen LogP contribution in [0, 0.1) is 0 Å². The Kier molecular flexibility index (Phi) is 64.7. The van der Waals surface area contributed by atoms with E-state index in [1.54, 1.807) is 0 Å². The molecule has 460 valence electrons. The first-order chi connectivity index (χ1) is 39.5. The topological polar surface area (TPSA) is 78.9 Å². The monoisotopic (exact) mass is 1110 g/mol. The summed E-state index contributed by atoms with van der Waals surface area (Å²) in [4.78, 5) is 38.3. The van der Waals surface area contributed by atoms with Crippen LogP contribution in [-0.4, -0.2) is 37.2 Å². The first-order valence-corrected chi connectivity index (χ1v) is 34.2. The van der Waals surface area contributed by atoms with E-state index in [1.807, 2.05) is 0 Å². The predicted molar refractivity (Wildman–Crippen MR) is 348 cm³/mol. The zero-order valence-corrected chi connectivity index (χ0v) is 52.8. The van der Waals surface area contributed by atoms with E-state index in [2.05, 4.69) is 118 Å². The Labute approximate surface area is 496 Å². The van der Waals surface area contributed by atoms with Crippen LogP contribution in [0.3, 0.4) is 0 Å². The first-order valence-electron chi connectivity index (χ1n) is 34.2. The van der Waals surface area contributed by atoms with E-state index < -0.39 is 6.10 Å². The molecule has 0 heterocycles. The largest absolute Gasteiger partial charge is 0.462 e. The molecule has 0 saturated carbocycles. The molecule has 0 bridgehead atoms. The molecule has 0 fully saturated rings. The molecular formula is C74H128O6. The lowest BCUT2D eigenvalue weighted by Crippen LogP contribution is -2.30. The van der Waals surface area contributed by atoms with E-state index in [-0.39, 0.29) is 31.1 Å². The third-order valence-electron chi connectivity index (χ3n) is 14.8. The zero-order chi connectivity index (χ0) is 57.8. The molecule has 0 spiro atoms. The van der Waals surface area contributed by atoms with Gasteiger partial charge in [0, 0.05) is 19.3 Å². The van der Waals surface area contributed by atoms with Crippen LogP contribution < -0.4 is 0 Å². The van der Waals surface area contributed by atoms with Gasteiger partial charge in [0.1, 0.15) is 13.2 Å². The van der Waals surface area contributed by atoms with Crippen LogP contribution in [0.1, 0.15) is 335 Å². The summed E-state index contributed by atoms with van der Waals surface area (Å²) in [7, 11) is 0. The van der Waals surface area contributed by atoms with E-state index in [0.29, 0.717) is 19.3 Å². The van der Waals surface area contributed by atoms with Crippen molar-refractivity contribution in [1.82, 2.24) is 0 Å². The fraction of sp³-hybridized carbons (Fsp3) is 0.743. The van der Waals surface area contributed by atoms with Crippen molar-refractivity contribution in [2.24, 2.45) is 0 Å². The molecule has 0 amide bonds. The highest BCUT2D eigenvalue weighted by Crippen LogP contribution is 2.17. The van der Waals surface area contributed by atoms with Gasteiger partial charge in [-0.3, -0.25) is 14.4 Å². The highest BCUT2D eigenvalue weighted by atomic mass is 16.6. The van der Waals surface area contributed by atoms with Crippen LogP contribution in [-0.2, 0) is 28.6 Å². The molecule has 6 nitrogen and oxygen atoms in total. The smallest absolute Gasteiger partial charge is 0.306 e. The lowest BCUT2D eigenvalue weighted by Gasteiger charge is -2.18. The van der Waals surface area contributed by atoms with Crippen molar-refractivity contribution in [2.45, 2.75) is 341 Å². The molecule has 0 aromatic rings. The van der Waals surface area contributed by atoms with Crippen LogP contribution >= 0.6 is 0 Å². The number of hydrogen-bond acceptors (Lipinski definition) is 6. The van der Waals surface area contributed by atoms with Gasteiger partial charge in [0.15, 0.2) is 6.10 Å². The van der Waals surface area contributed by atoms with E-state index in [1.165, 1.54) is 180 Å². The average Bonchev–Trinajstić information content (AvgIpc) is 3.46. The predicted octanol–water partition coefficient (Wildman–Crippen LogP) is 23.6. The zero-order valence-electron chi connectivity index (χ0n) is 52.8. The van der Waals surface area contributed by atoms with Gasteiger partial charge >= 0.3 is 17.9 Å². The fourth-order valence-electron chi connectivity index (χ4n) is 9.67. The Morgan fingerprint density at radius 2 is 0.487 bits per heavy atom. The van der Waals surface area contributed by atoms with Crippen LogP contribution in [0.5, 0.6) is 0 Å². The number of hydrogen-bond donors (Lipinski definition) is 0. The summed E-state index contributed by atoms with van der Waals surface area (Å²) in [6.45, 7) is 6.49. The number of carbonyl (C=O) groups excluding carboxylic acids is 3. The minimum atomic E-state index is -0.788. The normalized spacial score (nSPS) is 12.7. The third kappa shape index (κ3) is 65.1. The van der Waals surface area contributed by atoms with Crippen LogP contribution in [0.15, 0.2) is 97.2 Å². The van der Waals surface area contributed by atoms with Crippen molar-refractivity contribution in [1.29, 1.82) is 0 Å². The molecule has 0 aliphatic heterocycles. The molecular weight excluding hydrogens is 985 g/mol. The molecule has 0 aliphatic rings. The van der Waals surface area contributed by atoms with Crippen LogP contribution in [0.2, 0.25) is 0 Å². The Morgan fingerprint density at radius 3 is 0.775 bits per heavy atom. The Bertz CT molecular complexity index is 1560. The number of unbranched alkanes of at least 4 members (excludes halogenated alkanes) is 35. The van der Waals surface area contributed by atoms with Crippen molar-refractivity contribution in [3.63, 3.8) is 0 Å². The van der Waals surface area contributed by atoms with Crippen molar-refractivity contribution < 1.29 is 28.6 Å². The summed E-state index contributed by atoms with van der Waals surface area (Å²) < 4.78 is 16.9. The van der Waals surface area contributed by atoms with E-state index in [0.717, 1.165) is 116 Å². The molecule has 1 atom stereocenters. The summed E-state index contributed by atoms with van der Waals surface area (Å²) in [5.41, 5.74) is 0.